The number of aromatic nitrogens is 1. The molecule has 0 radical (unpaired) electrons. The number of benzene rings is 2. The molecule has 5 N–H and O–H groups in total. The molecule has 1 unspecified atom stereocenters. The van der Waals surface area contributed by atoms with Crippen molar-refractivity contribution in [3.63, 3.8) is 0 Å². The van der Waals surface area contributed by atoms with Crippen molar-refractivity contribution in [3.05, 3.63) is 71.9 Å². The molecule has 8 nitrogen and oxygen atoms in total. The zero-order chi connectivity index (χ0) is 21.5. The number of nitrogens with one attached hydrogen (secondary N) is 3. The molecule has 2 atom stereocenters. The summed E-state index contributed by atoms with van der Waals surface area (Å²) in [5.74, 6) is -2.82. The van der Waals surface area contributed by atoms with Crippen molar-refractivity contribution in [2.75, 3.05) is 6.54 Å². The quantitative estimate of drug-likeness (QED) is 0.345. The highest BCUT2D eigenvalue weighted by atomic mass is 16.4. The summed E-state index contributed by atoms with van der Waals surface area (Å²) in [6, 6.07) is 14.5. The van der Waals surface area contributed by atoms with Crippen LogP contribution in [0.5, 0.6) is 0 Å². The average Bonchev–Trinajstić information content (AvgIpc) is 3.14. The van der Waals surface area contributed by atoms with Crippen LogP contribution in [0.4, 0.5) is 0 Å². The van der Waals surface area contributed by atoms with E-state index in [0.29, 0.717) is 0 Å². The Morgan fingerprint density at radius 3 is 2.23 bits per heavy atom. The molecule has 0 saturated heterocycles. The van der Waals surface area contributed by atoms with Gasteiger partial charge >= 0.3 is 11.9 Å². The van der Waals surface area contributed by atoms with E-state index < -0.39 is 29.9 Å². The van der Waals surface area contributed by atoms with Crippen LogP contribution in [0, 0.1) is 0 Å². The lowest BCUT2D eigenvalue weighted by molar-refractivity contribution is -0.142. The summed E-state index contributed by atoms with van der Waals surface area (Å²) in [4.78, 5) is 38.5. The average molecular weight is 409 g/mol. The highest BCUT2D eigenvalue weighted by Crippen LogP contribution is 2.19. The lowest BCUT2D eigenvalue weighted by atomic mass is 10.0. The van der Waals surface area contributed by atoms with Gasteiger partial charge in [-0.25, -0.2) is 4.79 Å². The third kappa shape index (κ3) is 5.45. The predicted octanol–water partition coefficient (Wildman–Crippen LogP) is 1.57. The van der Waals surface area contributed by atoms with Crippen molar-refractivity contribution in [3.8, 4) is 0 Å². The van der Waals surface area contributed by atoms with E-state index in [1.165, 1.54) is 0 Å². The predicted molar refractivity (Wildman–Crippen MR) is 111 cm³/mol. The molecule has 1 heterocycles. The van der Waals surface area contributed by atoms with Crippen molar-refractivity contribution >= 4 is 28.7 Å². The number of H-pyrrole nitrogens is 1. The van der Waals surface area contributed by atoms with E-state index in [4.69, 9.17) is 0 Å². The number of fused-ring (bicyclic) bond motifs is 1. The molecule has 0 fully saturated rings. The Kier molecular flexibility index (Phi) is 6.82. The van der Waals surface area contributed by atoms with Crippen LogP contribution in [-0.2, 0) is 27.2 Å². The normalized spacial score (nSPS) is 12.9. The number of carbonyl (C=O) groups is 3. The van der Waals surface area contributed by atoms with Gasteiger partial charge in [-0.1, -0.05) is 48.5 Å². The molecule has 8 heteroatoms. The summed E-state index contributed by atoms with van der Waals surface area (Å²) in [7, 11) is 0. The first kappa shape index (κ1) is 21.1. The second-order valence-corrected chi connectivity index (χ2v) is 6.98. The minimum absolute atomic E-state index is 0.109. The van der Waals surface area contributed by atoms with Crippen molar-refractivity contribution < 1.29 is 24.6 Å². The lowest BCUT2D eigenvalue weighted by Crippen LogP contribution is -2.49. The molecule has 0 aliphatic heterocycles. The van der Waals surface area contributed by atoms with E-state index in [1.54, 1.807) is 18.3 Å². The topological polar surface area (TPSA) is 132 Å². The van der Waals surface area contributed by atoms with Crippen LogP contribution in [0.1, 0.15) is 11.1 Å². The second-order valence-electron chi connectivity index (χ2n) is 6.98. The maximum absolute atomic E-state index is 12.3. The number of aliphatic carboxylic acids is 2. The van der Waals surface area contributed by atoms with Crippen molar-refractivity contribution in [1.82, 2.24) is 15.6 Å². The molecule has 1 aromatic heterocycles. The highest BCUT2D eigenvalue weighted by molar-refractivity contribution is 5.87. The Bertz CT molecular complexity index is 1030. The number of para-hydroxylation sites is 1. The summed E-state index contributed by atoms with van der Waals surface area (Å²) < 4.78 is 0. The molecule has 0 saturated carbocycles. The summed E-state index contributed by atoms with van der Waals surface area (Å²) in [6.07, 6.45) is 2.05. The number of amides is 1. The van der Waals surface area contributed by atoms with E-state index in [9.17, 15) is 24.6 Å². The standard InChI is InChI=1S/C22H23N3O5/c26-20(13-24-18(21(27)28)10-14-6-2-1-3-7-14)25-19(22(29)30)11-15-12-23-17-9-5-4-8-16(15)17/h1-9,12,18-19,23-24H,10-11,13H2,(H,25,26)(H,27,28)(H,29,30)/t18?,19-/m0/s1. The number of rotatable bonds is 10. The van der Waals surface area contributed by atoms with Crippen LogP contribution < -0.4 is 10.6 Å². The number of hydrogen-bond acceptors (Lipinski definition) is 4. The number of carboxylic acid groups (broad SMARTS) is 2. The third-order valence-corrected chi connectivity index (χ3v) is 4.82. The summed E-state index contributed by atoms with van der Waals surface area (Å²) in [6.45, 7) is -0.304. The second kappa shape index (κ2) is 9.71. The molecule has 30 heavy (non-hydrogen) atoms. The molecule has 2 aromatic carbocycles. The molecule has 0 aliphatic carbocycles. The zero-order valence-corrected chi connectivity index (χ0v) is 16.2. The molecular formula is C22H23N3O5. The summed E-state index contributed by atoms with van der Waals surface area (Å²) in [5.41, 5.74) is 2.48. The molecule has 0 aliphatic rings. The fraction of sp³-hybridized carbons (Fsp3) is 0.227. The molecule has 0 bridgehead atoms. The number of hydrogen-bond donors (Lipinski definition) is 5. The largest absolute Gasteiger partial charge is 0.480 e. The van der Waals surface area contributed by atoms with Crippen LogP contribution in [0.25, 0.3) is 10.9 Å². The summed E-state index contributed by atoms with van der Waals surface area (Å²) in [5, 5.41) is 25.0. The smallest absolute Gasteiger partial charge is 0.326 e. The minimum atomic E-state index is -1.16. The number of aromatic amines is 1. The lowest BCUT2D eigenvalue weighted by Gasteiger charge is -2.17. The van der Waals surface area contributed by atoms with Gasteiger partial charge in [0.15, 0.2) is 0 Å². The Morgan fingerprint density at radius 2 is 1.53 bits per heavy atom. The summed E-state index contributed by atoms with van der Waals surface area (Å²) >= 11 is 0. The van der Waals surface area contributed by atoms with Crippen LogP contribution in [0.2, 0.25) is 0 Å². The van der Waals surface area contributed by atoms with E-state index in [0.717, 1.165) is 22.0 Å². The van der Waals surface area contributed by atoms with Gasteiger partial charge in [-0.2, -0.15) is 0 Å². The van der Waals surface area contributed by atoms with Gasteiger partial charge in [-0.15, -0.1) is 0 Å². The van der Waals surface area contributed by atoms with Gasteiger partial charge in [-0.05, 0) is 23.6 Å². The van der Waals surface area contributed by atoms with E-state index in [2.05, 4.69) is 15.6 Å². The SMILES string of the molecule is O=C(CNC(Cc1ccccc1)C(=O)O)N[C@@H](Cc1c[nH]c2ccccc12)C(=O)O. The maximum Gasteiger partial charge on any atom is 0.326 e. The van der Waals surface area contributed by atoms with Crippen LogP contribution in [-0.4, -0.2) is 51.7 Å². The molecule has 3 rings (SSSR count). The van der Waals surface area contributed by atoms with E-state index >= 15 is 0 Å². The monoisotopic (exact) mass is 409 g/mol. The van der Waals surface area contributed by atoms with Gasteiger partial charge in [0, 0.05) is 23.5 Å². The first-order valence-corrected chi connectivity index (χ1v) is 9.51. The van der Waals surface area contributed by atoms with Crippen LogP contribution in [0.15, 0.2) is 60.8 Å². The first-order chi connectivity index (χ1) is 14.4. The van der Waals surface area contributed by atoms with Crippen molar-refractivity contribution in [1.29, 1.82) is 0 Å². The Balaban J connectivity index is 1.59. The van der Waals surface area contributed by atoms with Gasteiger partial charge in [0.2, 0.25) is 5.91 Å². The molecule has 156 valence electrons. The number of carbonyl (C=O) groups excluding carboxylic acids is 1. The molecule has 1 amide bonds. The fourth-order valence-corrected chi connectivity index (χ4v) is 3.28. The first-order valence-electron chi connectivity index (χ1n) is 9.51. The van der Waals surface area contributed by atoms with Crippen molar-refractivity contribution in [2.45, 2.75) is 24.9 Å². The van der Waals surface area contributed by atoms with Gasteiger partial charge in [0.1, 0.15) is 12.1 Å². The Hall–Kier alpha value is -3.65. The van der Waals surface area contributed by atoms with Gasteiger partial charge < -0.3 is 20.5 Å². The highest BCUT2D eigenvalue weighted by Gasteiger charge is 2.23. The van der Waals surface area contributed by atoms with Crippen molar-refractivity contribution in [2.24, 2.45) is 0 Å². The molecule has 3 aromatic rings. The maximum atomic E-state index is 12.3. The van der Waals surface area contributed by atoms with Gasteiger partial charge in [0.25, 0.3) is 0 Å². The number of carboxylic acids is 2. The minimum Gasteiger partial charge on any atom is -0.480 e. The van der Waals surface area contributed by atoms with Gasteiger partial charge in [0.05, 0.1) is 6.54 Å². The fourth-order valence-electron chi connectivity index (χ4n) is 3.28. The van der Waals surface area contributed by atoms with E-state index in [1.807, 2.05) is 42.5 Å². The van der Waals surface area contributed by atoms with Gasteiger partial charge in [-0.3, -0.25) is 14.9 Å². The zero-order valence-electron chi connectivity index (χ0n) is 16.2. The molecule has 0 spiro atoms. The van der Waals surface area contributed by atoms with Crippen LogP contribution in [0.3, 0.4) is 0 Å². The van der Waals surface area contributed by atoms with Crippen LogP contribution >= 0.6 is 0 Å². The molecular weight excluding hydrogens is 386 g/mol. The third-order valence-electron chi connectivity index (χ3n) is 4.82. The Morgan fingerprint density at radius 1 is 0.867 bits per heavy atom. The Labute approximate surface area is 172 Å². The van der Waals surface area contributed by atoms with E-state index in [-0.39, 0.29) is 19.4 Å².